The van der Waals surface area contributed by atoms with E-state index in [0.717, 1.165) is 10.6 Å². The Bertz CT molecular complexity index is 913. The van der Waals surface area contributed by atoms with Gasteiger partial charge in [0, 0.05) is 17.6 Å². The summed E-state index contributed by atoms with van der Waals surface area (Å²) in [5, 5.41) is 3.20. The largest absolute Gasteiger partial charge is 0.495 e. The number of carbonyl (C=O) groups is 1. The molecule has 0 radical (unpaired) electrons. The molecule has 0 saturated heterocycles. The fourth-order valence-corrected chi connectivity index (χ4v) is 3.08. The highest BCUT2D eigenvalue weighted by molar-refractivity contribution is 7.92. The zero-order valence-electron chi connectivity index (χ0n) is 14.3. The first-order valence-electron chi connectivity index (χ1n) is 7.33. The first kappa shape index (κ1) is 19.1. The van der Waals surface area contributed by atoms with E-state index in [-0.39, 0.29) is 5.91 Å². The summed E-state index contributed by atoms with van der Waals surface area (Å²) in [6.45, 7) is 1.70. The van der Waals surface area contributed by atoms with E-state index in [1.54, 1.807) is 43.3 Å². The van der Waals surface area contributed by atoms with Gasteiger partial charge in [-0.15, -0.1) is 0 Å². The third-order valence-electron chi connectivity index (χ3n) is 3.80. The van der Waals surface area contributed by atoms with E-state index in [0.29, 0.717) is 33.3 Å². The molecule has 8 heteroatoms. The van der Waals surface area contributed by atoms with Crippen LogP contribution in [0.4, 0.5) is 11.4 Å². The number of hydrogen-bond donors (Lipinski definition) is 1. The monoisotopic (exact) mass is 382 g/mol. The number of nitrogens with zero attached hydrogens (tertiary/aromatic N) is 1. The maximum atomic E-state index is 12.7. The van der Waals surface area contributed by atoms with Gasteiger partial charge in [-0.25, -0.2) is 8.42 Å². The summed E-state index contributed by atoms with van der Waals surface area (Å²) in [6, 6.07) is 9.80. The number of benzene rings is 2. The summed E-state index contributed by atoms with van der Waals surface area (Å²) < 4.78 is 29.9. The lowest BCUT2D eigenvalue weighted by Crippen LogP contribution is -2.26. The Morgan fingerprint density at radius 3 is 2.52 bits per heavy atom. The molecule has 0 spiro atoms. The van der Waals surface area contributed by atoms with E-state index in [4.69, 9.17) is 16.3 Å². The Morgan fingerprint density at radius 2 is 1.92 bits per heavy atom. The Kier molecular flexibility index (Phi) is 5.59. The molecule has 2 aromatic carbocycles. The lowest BCUT2D eigenvalue weighted by Gasteiger charge is -2.20. The van der Waals surface area contributed by atoms with Gasteiger partial charge in [0.15, 0.2) is 0 Å². The van der Waals surface area contributed by atoms with Crippen LogP contribution >= 0.6 is 11.6 Å². The van der Waals surface area contributed by atoms with Gasteiger partial charge in [0.1, 0.15) is 5.75 Å². The van der Waals surface area contributed by atoms with Crippen molar-refractivity contribution in [2.24, 2.45) is 0 Å². The van der Waals surface area contributed by atoms with Crippen LogP contribution < -0.4 is 14.4 Å². The molecule has 0 fully saturated rings. The van der Waals surface area contributed by atoms with Crippen molar-refractivity contribution in [2.75, 3.05) is 30.0 Å². The highest BCUT2D eigenvalue weighted by Crippen LogP contribution is 2.29. The van der Waals surface area contributed by atoms with Crippen molar-refractivity contribution in [1.82, 2.24) is 0 Å². The minimum absolute atomic E-state index is 0.357. The Balaban J connectivity index is 2.40. The number of amides is 1. The van der Waals surface area contributed by atoms with Gasteiger partial charge in [0.05, 0.1) is 24.7 Å². The SMILES string of the molecule is COc1ccc(Cl)cc1NC(=O)c1cccc(N(C)S(C)(=O)=O)c1C. The van der Waals surface area contributed by atoms with Crippen LogP contribution in [-0.2, 0) is 10.0 Å². The molecule has 25 heavy (non-hydrogen) atoms. The number of nitrogens with one attached hydrogen (secondary N) is 1. The third-order valence-corrected chi connectivity index (χ3v) is 5.22. The molecule has 6 nitrogen and oxygen atoms in total. The number of anilines is 2. The van der Waals surface area contributed by atoms with Gasteiger partial charge in [-0.2, -0.15) is 0 Å². The van der Waals surface area contributed by atoms with Gasteiger partial charge in [-0.3, -0.25) is 9.10 Å². The summed E-state index contributed by atoms with van der Waals surface area (Å²) >= 11 is 5.97. The van der Waals surface area contributed by atoms with Crippen LogP contribution in [0.25, 0.3) is 0 Å². The van der Waals surface area contributed by atoms with Gasteiger partial charge < -0.3 is 10.1 Å². The van der Waals surface area contributed by atoms with Gasteiger partial charge >= 0.3 is 0 Å². The fourth-order valence-electron chi connectivity index (χ4n) is 2.36. The predicted molar refractivity (Wildman–Crippen MR) is 100 cm³/mol. The molecule has 0 atom stereocenters. The van der Waals surface area contributed by atoms with Crippen LogP contribution in [0.2, 0.25) is 5.02 Å². The first-order chi connectivity index (χ1) is 11.6. The molecule has 0 bridgehead atoms. The highest BCUT2D eigenvalue weighted by atomic mass is 35.5. The zero-order valence-corrected chi connectivity index (χ0v) is 15.9. The molecular weight excluding hydrogens is 364 g/mol. The normalized spacial score (nSPS) is 11.1. The number of rotatable bonds is 5. The van der Waals surface area contributed by atoms with Gasteiger partial charge in [0.25, 0.3) is 5.91 Å². The number of methoxy groups -OCH3 is 1. The molecule has 0 heterocycles. The molecule has 0 saturated carbocycles. The molecular formula is C17H19ClN2O4S. The standard InChI is InChI=1S/C17H19ClN2O4S/c1-11-13(6-5-7-15(11)20(2)25(4,22)23)17(21)19-14-10-12(18)8-9-16(14)24-3/h5-10H,1-4H3,(H,19,21). The Labute approximate surface area is 152 Å². The minimum atomic E-state index is -3.43. The molecule has 0 unspecified atom stereocenters. The van der Waals surface area contributed by atoms with E-state index in [1.807, 2.05) is 0 Å². The molecule has 134 valence electrons. The van der Waals surface area contributed by atoms with Gasteiger partial charge in [-0.05, 0) is 42.8 Å². The van der Waals surface area contributed by atoms with Crippen LogP contribution in [0, 0.1) is 6.92 Å². The second-order valence-electron chi connectivity index (χ2n) is 5.48. The van der Waals surface area contributed by atoms with Crippen molar-refractivity contribution in [1.29, 1.82) is 0 Å². The van der Waals surface area contributed by atoms with E-state index in [2.05, 4.69) is 5.32 Å². The second kappa shape index (κ2) is 7.33. The molecule has 0 aromatic heterocycles. The van der Waals surface area contributed by atoms with E-state index >= 15 is 0 Å². The molecule has 1 amide bonds. The van der Waals surface area contributed by atoms with Gasteiger partial charge in [-0.1, -0.05) is 17.7 Å². The topological polar surface area (TPSA) is 75.7 Å². The lowest BCUT2D eigenvalue weighted by molar-refractivity contribution is 0.102. The van der Waals surface area contributed by atoms with Crippen LogP contribution in [0.3, 0.4) is 0 Å². The highest BCUT2D eigenvalue weighted by Gasteiger charge is 2.19. The third kappa shape index (κ3) is 4.24. The van der Waals surface area contributed by atoms with Crippen molar-refractivity contribution in [2.45, 2.75) is 6.92 Å². The number of sulfonamides is 1. The molecule has 2 rings (SSSR count). The maximum absolute atomic E-state index is 12.7. The molecule has 0 aliphatic heterocycles. The van der Waals surface area contributed by atoms with E-state index in [1.165, 1.54) is 14.2 Å². The Hall–Kier alpha value is -2.25. The molecule has 1 N–H and O–H groups in total. The smallest absolute Gasteiger partial charge is 0.256 e. The van der Waals surface area contributed by atoms with Crippen molar-refractivity contribution in [3.63, 3.8) is 0 Å². The maximum Gasteiger partial charge on any atom is 0.256 e. The average Bonchev–Trinajstić information content (AvgIpc) is 2.53. The number of halogens is 1. The Morgan fingerprint density at radius 1 is 1.24 bits per heavy atom. The van der Waals surface area contributed by atoms with E-state index in [9.17, 15) is 13.2 Å². The second-order valence-corrected chi connectivity index (χ2v) is 7.93. The van der Waals surface area contributed by atoms with E-state index < -0.39 is 10.0 Å². The predicted octanol–water partition coefficient (Wildman–Crippen LogP) is 3.31. The zero-order chi connectivity index (χ0) is 18.8. The summed E-state index contributed by atoms with van der Waals surface area (Å²) in [6.07, 6.45) is 1.11. The van der Waals surface area contributed by atoms with Crippen LogP contribution in [0.15, 0.2) is 36.4 Å². The van der Waals surface area contributed by atoms with Crippen molar-refractivity contribution in [3.05, 3.63) is 52.5 Å². The number of carbonyl (C=O) groups excluding carboxylic acids is 1. The van der Waals surface area contributed by atoms with Gasteiger partial charge in [0.2, 0.25) is 10.0 Å². The number of ether oxygens (including phenoxy) is 1. The summed E-state index contributed by atoms with van der Waals surface area (Å²) in [5.74, 6) is 0.0848. The summed E-state index contributed by atoms with van der Waals surface area (Å²) in [5.41, 5.74) is 1.78. The lowest BCUT2D eigenvalue weighted by atomic mass is 10.1. The summed E-state index contributed by atoms with van der Waals surface area (Å²) in [7, 11) is -0.496. The number of hydrogen-bond acceptors (Lipinski definition) is 4. The molecule has 0 aliphatic carbocycles. The first-order valence-corrected chi connectivity index (χ1v) is 9.56. The minimum Gasteiger partial charge on any atom is -0.495 e. The van der Waals surface area contributed by atoms with Crippen molar-refractivity contribution >= 4 is 38.9 Å². The van der Waals surface area contributed by atoms with Crippen molar-refractivity contribution < 1.29 is 17.9 Å². The van der Waals surface area contributed by atoms with Crippen LogP contribution in [0.1, 0.15) is 15.9 Å². The van der Waals surface area contributed by atoms with Crippen LogP contribution in [-0.4, -0.2) is 34.7 Å². The summed E-state index contributed by atoms with van der Waals surface area (Å²) in [4.78, 5) is 12.7. The average molecular weight is 383 g/mol. The van der Waals surface area contributed by atoms with Crippen LogP contribution in [0.5, 0.6) is 5.75 Å². The quantitative estimate of drug-likeness (QED) is 0.860. The molecule has 2 aromatic rings. The molecule has 0 aliphatic rings. The fraction of sp³-hybridized carbons (Fsp3) is 0.235. The van der Waals surface area contributed by atoms with Crippen molar-refractivity contribution in [3.8, 4) is 5.75 Å².